The Labute approximate surface area is 140 Å². The first-order valence-electron chi connectivity index (χ1n) is 7.39. The number of ketones is 1. The first kappa shape index (κ1) is 17.2. The van der Waals surface area contributed by atoms with Crippen molar-refractivity contribution in [3.8, 4) is 5.75 Å². The monoisotopic (exact) mass is 331 g/mol. The molecule has 0 aliphatic heterocycles. The molecule has 0 saturated carbocycles. The third-order valence-electron chi connectivity index (χ3n) is 3.34. The Balaban J connectivity index is 1.92. The third-order valence-corrected chi connectivity index (χ3v) is 4.34. The van der Waals surface area contributed by atoms with E-state index in [9.17, 15) is 9.59 Å². The Morgan fingerprint density at radius 2 is 1.78 bits per heavy atom. The minimum absolute atomic E-state index is 0.0619. The topological polar surface area (TPSA) is 55.4 Å². The number of carbonyl (C=O) groups excluding carboxylic acids is 2. The lowest BCUT2D eigenvalue weighted by Gasteiger charge is -2.19. The maximum atomic E-state index is 12.0. The number of rotatable bonds is 5. The first-order valence-corrected chi connectivity index (χ1v) is 8.27. The molecule has 1 amide bonds. The van der Waals surface area contributed by atoms with Crippen molar-refractivity contribution in [1.29, 1.82) is 0 Å². The minimum atomic E-state index is -0.255. The number of hydrogen-bond acceptors (Lipinski definition) is 4. The fourth-order valence-electron chi connectivity index (χ4n) is 2.06. The van der Waals surface area contributed by atoms with E-state index in [4.69, 9.17) is 4.74 Å². The average molecular weight is 331 g/mol. The second-order valence-electron chi connectivity index (χ2n) is 6.33. The van der Waals surface area contributed by atoms with Gasteiger partial charge in [-0.2, -0.15) is 0 Å². The molecule has 0 unspecified atom stereocenters. The van der Waals surface area contributed by atoms with Gasteiger partial charge in [-0.15, -0.1) is 11.3 Å². The van der Waals surface area contributed by atoms with Gasteiger partial charge in [-0.3, -0.25) is 9.59 Å². The Kier molecular flexibility index (Phi) is 5.21. The number of ether oxygens (including phenoxy) is 1. The number of carbonyl (C=O) groups is 2. The highest BCUT2D eigenvalue weighted by Crippen LogP contribution is 2.25. The normalized spacial score (nSPS) is 11.1. The molecule has 2 aromatic rings. The van der Waals surface area contributed by atoms with Gasteiger partial charge in [-0.1, -0.05) is 32.9 Å². The second-order valence-corrected chi connectivity index (χ2v) is 7.25. The van der Waals surface area contributed by atoms with Crippen molar-refractivity contribution < 1.29 is 14.3 Å². The molecule has 1 N–H and O–H groups in total. The number of hydrogen-bond donors (Lipinski definition) is 1. The van der Waals surface area contributed by atoms with Gasteiger partial charge in [0, 0.05) is 12.6 Å². The highest BCUT2D eigenvalue weighted by Gasteiger charge is 2.14. The van der Waals surface area contributed by atoms with Crippen molar-refractivity contribution in [2.75, 3.05) is 11.9 Å². The van der Waals surface area contributed by atoms with E-state index < -0.39 is 0 Å². The Morgan fingerprint density at radius 1 is 1.13 bits per heavy atom. The fraction of sp³-hybridized carbons (Fsp3) is 0.333. The number of amides is 1. The lowest BCUT2D eigenvalue weighted by Crippen LogP contribution is -2.20. The van der Waals surface area contributed by atoms with Gasteiger partial charge in [-0.25, -0.2) is 0 Å². The summed E-state index contributed by atoms with van der Waals surface area (Å²) in [4.78, 5) is 23.9. The molecule has 1 aromatic heterocycles. The van der Waals surface area contributed by atoms with Crippen LogP contribution in [0.25, 0.3) is 0 Å². The van der Waals surface area contributed by atoms with Crippen molar-refractivity contribution in [3.63, 3.8) is 0 Å². The molecule has 1 heterocycles. The van der Waals surface area contributed by atoms with Gasteiger partial charge in [0.1, 0.15) is 10.6 Å². The van der Waals surface area contributed by atoms with E-state index in [1.165, 1.54) is 23.8 Å². The summed E-state index contributed by atoms with van der Waals surface area (Å²) in [5.41, 5.74) is 2.01. The second kappa shape index (κ2) is 6.96. The standard InChI is InChI=1S/C18H21NO3S/c1-12(20)17-15(9-10-23-17)22-11-16(21)19-14-7-5-13(6-8-14)18(2,3)4/h5-10H,11H2,1-4H3,(H,19,21). The lowest BCUT2D eigenvalue weighted by atomic mass is 9.87. The summed E-state index contributed by atoms with van der Waals surface area (Å²) in [6.45, 7) is 7.78. The van der Waals surface area contributed by atoms with Crippen LogP contribution in [0.3, 0.4) is 0 Å². The SMILES string of the molecule is CC(=O)c1sccc1OCC(=O)Nc1ccc(C(C)(C)C)cc1. The molecule has 2 rings (SSSR count). The van der Waals surface area contributed by atoms with Crippen molar-refractivity contribution in [2.45, 2.75) is 33.1 Å². The van der Waals surface area contributed by atoms with E-state index in [2.05, 4.69) is 26.1 Å². The van der Waals surface area contributed by atoms with Gasteiger partial charge in [0.05, 0.1) is 0 Å². The number of anilines is 1. The molecule has 122 valence electrons. The summed E-state index contributed by atoms with van der Waals surface area (Å²) in [5.74, 6) is 0.142. The predicted octanol–water partition coefficient (Wildman–Crippen LogP) is 4.27. The van der Waals surface area contributed by atoms with Crippen LogP contribution in [-0.4, -0.2) is 18.3 Å². The van der Waals surface area contributed by atoms with Gasteiger partial charge in [-0.05, 0) is 34.6 Å². The largest absolute Gasteiger partial charge is 0.482 e. The number of Topliss-reactive ketones (excluding diaryl/α,β-unsaturated/α-hetero) is 1. The van der Waals surface area contributed by atoms with Crippen molar-refractivity contribution in [1.82, 2.24) is 0 Å². The zero-order chi connectivity index (χ0) is 17.0. The van der Waals surface area contributed by atoms with E-state index >= 15 is 0 Å². The summed E-state index contributed by atoms with van der Waals surface area (Å²) >= 11 is 1.31. The Morgan fingerprint density at radius 3 is 2.35 bits per heavy atom. The number of benzene rings is 1. The van der Waals surface area contributed by atoms with Crippen LogP contribution in [0.2, 0.25) is 0 Å². The Bertz CT molecular complexity index is 696. The van der Waals surface area contributed by atoms with Crippen LogP contribution >= 0.6 is 11.3 Å². The predicted molar refractivity (Wildman–Crippen MR) is 93.6 cm³/mol. The van der Waals surface area contributed by atoms with Gasteiger partial charge >= 0.3 is 0 Å². The fourth-order valence-corrected chi connectivity index (χ4v) is 2.80. The maximum absolute atomic E-state index is 12.0. The highest BCUT2D eigenvalue weighted by atomic mass is 32.1. The van der Waals surface area contributed by atoms with E-state index in [0.717, 1.165) is 5.69 Å². The van der Waals surface area contributed by atoms with Crippen LogP contribution < -0.4 is 10.1 Å². The molecule has 0 saturated heterocycles. The molecular weight excluding hydrogens is 310 g/mol. The van der Waals surface area contributed by atoms with E-state index in [1.54, 1.807) is 11.4 Å². The molecule has 4 nitrogen and oxygen atoms in total. The quantitative estimate of drug-likeness (QED) is 0.833. The van der Waals surface area contributed by atoms with Crippen molar-refractivity contribution >= 4 is 28.7 Å². The van der Waals surface area contributed by atoms with E-state index in [0.29, 0.717) is 10.6 Å². The average Bonchev–Trinajstić information content (AvgIpc) is 2.93. The number of thiophene rings is 1. The molecule has 0 aliphatic rings. The van der Waals surface area contributed by atoms with Crippen LogP contribution in [0.5, 0.6) is 5.75 Å². The minimum Gasteiger partial charge on any atom is -0.482 e. The van der Waals surface area contributed by atoms with Crippen molar-refractivity contribution in [3.05, 3.63) is 46.2 Å². The summed E-state index contributed by atoms with van der Waals surface area (Å²) in [5, 5.41) is 4.56. The Hall–Kier alpha value is -2.14. The summed E-state index contributed by atoms with van der Waals surface area (Å²) in [6.07, 6.45) is 0. The zero-order valence-corrected chi connectivity index (χ0v) is 14.6. The molecule has 0 radical (unpaired) electrons. The van der Waals surface area contributed by atoms with Crippen molar-refractivity contribution in [2.24, 2.45) is 0 Å². The zero-order valence-electron chi connectivity index (χ0n) is 13.8. The molecule has 0 fully saturated rings. The highest BCUT2D eigenvalue weighted by molar-refractivity contribution is 7.12. The molecule has 0 spiro atoms. The molecule has 23 heavy (non-hydrogen) atoms. The van der Waals surface area contributed by atoms with Gasteiger partial charge < -0.3 is 10.1 Å². The molecular formula is C18H21NO3S. The lowest BCUT2D eigenvalue weighted by molar-refractivity contribution is -0.118. The van der Waals surface area contributed by atoms with Crippen LogP contribution in [0.15, 0.2) is 35.7 Å². The smallest absolute Gasteiger partial charge is 0.262 e. The van der Waals surface area contributed by atoms with Gasteiger partial charge in [0.15, 0.2) is 12.4 Å². The van der Waals surface area contributed by atoms with Gasteiger partial charge in [0.2, 0.25) is 0 Å². The summed E-state index contributed by atoms with van der Waals surface area (Å²) in [6, 6.07) is 9.47. The number of nitrogens with one attached hydrogen (secondary N) is 1. The molecule has 0 atom stereocenters. The van der Waals surface area contributed by atoms with E-state index in [-0.39, 0.29) is 23.7 Å². The van der Waals surface area contributed by atoms with Crippen LogP contribution in [0.4, 0.5) is 5.69 Å². The first-order chi connectivity index (χ1) is 10.8. The summed E-state index contributed by atoms with van der Waals surface area (Å²) in [7, 11) is 0. The van der Waals surface area contributed by atoms with E-state index in [1.807, 2.05) is 24.3 Å². The van der Waals surface area contributed by atoms with Gasteiger partial charge in [0.25, 0.3) is 5.91 Å². The van der Waals surface area contributed by atoms with Crippen LogP contribution in [0, 0.1) is 0 Å². The van der Waals surface area contributed by atoms with Crippen LogP contribution in [0.1, 0.15) is 42.9 Å². The van der Waals surface area contributed by atoms with Crippen LogP contribution in [-0.2, 0) is 10.2 Å². The summed E-state index contributed by atoms with van der Waals surface area (Å²) < 4.78 is 5.43. The maximum Gasteiger partial charge on any atom is 0.262 e. The third kappa shape index (κ3) is 4.66. The molecule has 5 heteroatoms. The molecule has 0 bridgehead atoms. The molecule has 0 aliphatic carbocycles. The molecule has 1 aromatic carbocycles.